The average molecular weight is 264 g/mol. The molecule has 0 heterocycles. The maximum absolute atomic E-state index is 12.2. The summed E-state index contributed by atoms with van der Waals surface area (Å²) in [5, 5.41) is 2.91. The van der Waals surface area contributed by atoms with Gasteiger partial charge in [0.2, 0.25) is 0 Å². The van der Waals surface area contributed by atoms with Crippen molar-refractivity contribution in [1.29, 1.82) is 0 Å². The summed E-state index contributed by atoms with van der Waals surface area (Å²) in [5.74, 6) is 0.804. The van der Waals surface area contributed by atoms with Crippen molar-refractivity contribution in [2.45, 2.75) is 19.8 Å². The van der Waals surface area contributed by atoms with Gasteiger partial charge in [-0.1, -0.05) is 6.92 Å². The van der Waals surface area contributed by atoms with Crippen LogP contribution >= 0.6 is 0 Å². The number of hydrogen-bond donors (Lipinski definition) is 2. The first-order valence-electron chi connectivity index (χ1n) is 6.29. The van der Waals surface area contributed by atoms with E-state index < -0.39 is 0 Å². The molecule has 1 saturated carbocycles. The van der Waals surface area contributed by atoms with E-state index in [9.17, 15) is 4.79 Å². The molecule has 19 heavy (non-hydrogen) atoms. The quantitative estimate of drug-likeness (QED) is 0.795. The van der Waals surface area contributed by atoms with E-state index in [1.165, 1.54) is 14.2 Å². The van der Waals surface area contributed by atoms with E-state index in [4.69, 9.17) is 15.2 Å². The molecule has 1 aromatic rings. The Morgan fingerprint density at radius 2 is 2.05 bits per heavy atom. The van der Waals surface area contributed by atoms with Gasteiger partial charge in [0.25, 0.3) is 5.91 Å². The first kappa shape index (κ1) is 13.5. The van der Waals surface area contributed by atoms with E-state index in [-0.39, 0.29) is 11.3 Å². The molecule has 0 unspecified atom stereocenters. The number of amides is 1. The van der Waals surface area contributed by atoms with Crippen LogP contribution in [0.1, 0.15) is 30.1 Å². The predicted octanol–water partition coefficient (Wildman–Crippen LogP) is 1.82. The number of carbonyl (C=O) groups excluding carboxylic acids is 1. The summed E-state index contributed by atoms with van der Waals surface area (Å²) in [7, 11) is 3.05. The maximum atomic E-state index is 12.2. The lowest BCUT2D eigenvalue weighted by atomic mass is 10.1. The van der Waals surface area contributed by atoms with Crippen LogP contribution in [0.15, 0.2) is 12.1 Å². The summed E-state index contributed by atoms with van der Waals surface area (Å²) in [4.78, 5) is 12.2. The van der Waals surface area contributed by atoms with Crippen molar-refractivity contribution < 1.29 is 14.3 Å². The van der Waals surface area contributed by atoms with E-state index in [2.05, 4.69) is 12.2 Å². The second-order valence-electron chi connectivity index (χ2n) is 5.28. The number of anilines is 1. The molecule has 5 heteroatoms. The fourth-order valence-electron chi connectivity index (χ4n) is 1.86. The molecule has 0 atom stereocenters. The lowest BCUT2D eigenvalue weighted by Gasteiger charge is -2.14. The molecule has 0 radical (unpaired) electrons. The summed E-state index contributed by atoms with van der Waals surface area (Å²) >= 11 is 0. The van der Waals surface area contributed by atoms with Gasteiger partial charge in [-0.05, 0) is 24.3 Å². The van der Waals surface area contributed by atoms with Gasteiger partial charge in [0.1, 0.15) is 11.5 Å². The van der Waals surface area contributed by atoms with Gasteiger partial charge in [0, 0.05) is 12.6 Å². The van der Waals surface area contributed by atoms with Crippen molar-refractivity contribution in [1.82, 2.24) is 5.32 Å². The van der Waals surface area contributed by atoms with E-state index >= 15 is 0 Å². The second-order valence-corrected chi connectivity index (χ2v) is 5.28. The number of nitrogens with one attached hydrogen (secondary N) is 1. The Morgan fingerprint density at radius 1 is 1.37 bits per heavy atom. The molecule has 1 fully saturated rings. The Bertz CT molecular complexity index is 496. The SMILES string of the molecule is COc1cc(OC)c(N)c(C(=O)NCC2(C)CC2)c1. The largest absolute Gasteiger partial charge is 0.497 e. The highest BCUT2D eigenvalue weighted by Crippen LogP contribution is 2.44. The zero-order valence-electron chi connectivity index (χ0n) is 11.6. The molecule has 3 N–H and O–H groups in total. The molecule has 1 amide bonds. The molecule has 0 saturated heterocycles. The fourth-order valence-corrected chi connectivity index (χ4v) is 1.86. The number of benzene rings is 1. The lowest BCUT2D eigenvalue weighted by Crippen LogP contribution is -2.29. The minimum absolute atomic E-state index is 0.192. The Labute approximate surface area is 113 Å². The predicted molar refractivity (Wildman–Crippen MR) is 73.6 cm³/mol. The lowest BCUT2D eigenvalue weighted by molar-refractivity contribution is 0.0946. The molecule has 1 aliphatic carbocycles. The zero-order valence-corrected chi connectivity index (χ0v) is 11.6. The Morgan fingerprint density at radius 3 is 2.58 bits per heavy atom. The highest BCUT2D eigenvalue weighted by Gasteiger charge is 2.37. The van der Waals surface area contributed by atoms with Crippen molar-refractivity contribution in [2.75, 3.05) is 26.5 Å². The summed E-state index contributed by atoms with van der Waals surface area (Å²) < 4.78 is 10.3. The molecule has 1 aliphatic rings. The van der Waals surface area contributed by atoms with Gasteiger partial charge in [0.05, 0.1) is 25.5 Å². The van der Waals surface area contributed by atoms with Crippen LogP contribution in [-0.4, -0.2) is 26.7 Å². The van der Waals surface area contributed by atoms with Gasteiger partial charge >= 0.3 is 0 Å². The number of nitrogens with two attached hydrogens (primary N) is 1. The highest BCUT2D eigenvalue weighted by molar-refractivity contribution is 6.01. The van der Waals surface area contributed by atoms with E-state index in [1.807, 2.05) is 0 Å². The number of nitrogen functional groups attached to an aromatic ring is 1. The van der Waals surface area contributed by atoms with Crippen molar-refractivity contribution in [3.05, 3.63) is 17.7 Å². The van der Waals surface area contributed by atoms with Crippen LogP contribution in [0.25, 0.3) is 0 Å². The molecule has 2 rings (SSSR count). The van der Waals surface area contributed by atoms with E-state index in [0.29, 0.717) is 29.3 Å². The molecule has 0 aromatic heterocycles. The van der Waals surface area contributed by atoms with Crippen LogP contribution in [0.2, 0.25) is 0 Å². The van der Waals surface area contributed by atoms with Gasteiger partial charge in [-0.3, -0.25) is 4.79 Å². The van der Waals surface area contributed by atoms with Crippen molar-refractivity contribution >= 4 is 11.6 Å². The summed E-state index contributed by atoms with van der Waals surface area (Å²) in [6, 6.07) is 3.29. The Hall–Kier alpha value is -1.91. The maximum Gasteiger partial charge on any atom is 0.253 e. The van der Waals surface area contributed by atoms with Gasteiger partial charge < -0.3 is 20.5 Å². The Balaban J connectivity index is 2.19. The molecule has 0 bridgehead atoms. The third kappa shape index (κ3) is 2.92. The van der Waals surface area contributed by atoms with E-state index in [1.54, 1.807) is 12.1 Å². The van der Waals surface area contributed by atoms with Crippen molar-refractivity contribution in [2.24, 2.45) is 5.41 Å². The van der Waals surface area contributed by atoms with Crippen LogP contribution in [0.4, 0.5) is 5.69 Å². The molecular formula is C14H20N2O3. The summed E-state index contributed by atoms with van der Waals surface area (Å²) in [6.45, 7) is 2.83. The first-order valence-corrected chi connectivity index (χ1v) is 6.29. The third-order valence-electron chi connectivity index (χ3n) is 3.60. The van der Waals surface area contributed by atoms with Crippen molar-refractivity contribution in [3.63, 3.8) is 0 Å². The minimum Gasteiger partial charge on any atom is -0.497 e. The summed E-state index contributed by atoms with van der Waals surface area (Å²) in [5.41, 5.74) is 6.91. The van der Waals surface area contributed by atoms with Gasteiger partial charge in [-0.15, -0.1) is 0 Å². The first-order chi connectivity index (χ1) is 8.99. The zero-order chi connectivity index (χ0) is 14.0. The number of hydrogen-bond acceptors (Lipinski definition) is 4. The standard InChI is InChI=1S/C14H20N2O3/c1-14(4-5-14)8-16-13(17)10-6-9(18-2)7-11(19-3)12(10)15/h6-7H,4-5,8,15H2,1-3H3,(H,16,17). The molecule has 104 valence electrons. The minimum atomic E-state index is -0.192. The fraction of sp³-hybridized carbons (Fsp3) is 0.500. The summed E-state index contributed by atoms with van der Waals surface area (Å²) in [6.07, 6.45) is 2.31. The molecular weight excluding hydrogens is 244 g/mol. The molecule has 0 aliphatic heterocycles. The topological polar surface area (TPSA) is 73.6 Å². The van der Waals surface area contributed by atoms with Crippen LogP contribution in [0.5, 0.6) is 11.5 Å². The number of carbonyl (C=O) groups is 1. The number of rotatable bonds is 5. The van der Waals surface area contributed by atoms with Gasteiger partial charge in [0.15, 0.2) is 0 Å². The van der Waals surface area contributed by atoms with Crippen LogP contribution in [0.3, 0.4) is 0 Å². The smallest absolute Gasteiger partial charge is 0.253 e. The van der Waals surface area contributed by atoms with Crippen LogP contribution in [-0.2, 0) is 0 Å². The average Bonchev–Trinajstić information content (AvgIpc) is 3.15. The highest BCUT2D eigenvalue weighted by atomic mass is 16.5. The molecule has 5 nitrogen and oxygen atoms in total. The van der Waals surface area contributed by atoms with Crippen LogP contribution < -0.4 is 20.5 Å². The molecule has 0 spiro atoms. The van der Waals surface area contributed by atoms with Crippen molar-refractivity contribution in [3.8, 4) is 11.5 Å². The second kappa shape index (κ2) is 4.99. The number of methoxy groups -OCH3 is 2. The Kier molecular flexibility index (Phi) is 3.55. The van der Waals surface area contributed by atoms with Gasteiger partial charge in [-0.25, -0.2) is 0 Å². The monoisotopic (exact) mass is 264 g/mol. The third-order valence-corrected chi connectivity index (χ3v) is 3.60. The normalized spacial score (nSPS) is 15.7. The van der Waals surface area contributed by atoms with E-state index in [0.717, 1.165) is 12.8 Å². The molecule has 1 aromatic carbocycles. The number of ether oxygens (including phenoxy) is 2. The van der Waals surface area contributed by atoms with Gasteiger partial charge in [-0.2, -0.15) is 0 Å². The van der Waals surface area contributed by atoms with Crippen LogP contribution in [0, 0.1) is 5.41 Å².